The van der Waals surface area contributed by atoms with Gasteiger partial charge in [-0.05, 0) is 60.5 Å². The topological polar surface area (TPSA) is 135 Å². The van der Waals surface area contributed by atoms with Crippen LogP contribution in [0.3, 0.4) is 0 Å². The molecule has 0 spiro atoms. The maximum absolute atomic E-state index is 14.2. The van der Waals surface area contributed by atoms with Crippen LogP contribution in [0.25, 0.3) is 10.9 Å². The second-order valence-electron chi connectivity index (χ2n) is 9.68. The maximum atomic E-state index is 14.2. The molecule has 2 N–H and O–H groups in total. The first-order valence-electron chi connectivity index (χ1n) is 12.6. The predicted molar refractivity (Wildman–Crippen MR) is 152 cm³/mol. The van der Waals surface area contributed by atoms with Crippen molar-refractivity contribution in [2.75, 3.05) is 16.2 Å². The van der Waals surface area contributed by atoms with Crippen molar-refractivity contribution in [2.24, 2.45) is 4.99 Å². The average molecular weight is 602 g/mol. The van der Waals surface area contributed by atoms with Gasteiger partial charge < -0.3 is 9.67 Å². The molecule has 0 bridgehead atoms. The van der Waals surface area contributed by atoms with E-state index in [9.17, 15) is 35.5 Å². The second-order valence-corrected chi connectivity index (χ2v) is 13.5. The Morgan fingerprint density at radius 1 is 1.02 bits per heavy atom. The minimum atomic E-state index is -4.15. The molecule has 41 heavy (non-hydrogen) atoms. The summed E-state index contributed by atoms with van der Waals surface area (Å²) < 4.78 is 82.6. The van der Waals surface area contributed by atoms with Gasteiger partial charge in [0.05, 0.1) is 39.9 Å². The molecule has 0 radical (unpaired) electrons. The Hall–Kier alpha value is -4.10. The highest BCUT2D eigenvalue weighted by molar-refractivity contribution is 7.93. The number of pyridine rings is 1. The van der Waals surface area contributed by atoms with Crippen LogP contribution in [0.4, 0.5) is 20.2 Å². The molecule has 0 fully saturated rings. The minimum absolute atomic E-state index is 0.0376. The van der Waals surface area contributed by atoms with Gasteiger partial charge in [0.2, 0.25) is 10.0 Å². The molecule has 0 saturated carbocycles. The van der Waals surface area contributed by atoms with E-state index >= 15 is 0 Å². The first kappa shape index (κ1) is 28.4. The quantitative estimate of drug-likeness (QED) is 0.306. The van der Waals surface area contributed by atoms with Crippen molar-refractivity contribution in [2.45, 2.75) is 31.2 Å². The summed E-state index contributed by atoms with van der Waals surface area (Å²) in [4.78, 5) is 17.9. The van der Waals surface area contributed by atoms with Gasteiger partial charge in [0.1, 0.15) is 22.9 Å². The minimum Gasteiger partial charge on any atom is -0.506 e. The third-order valence-electron chi connectivity index (χ3n) is 6.66. The molecule has 9 nitrogen and oxygen atoms in total. The van der Waals surface area contributed by atoms with Crippen LogP contribution in [0.5, 0.6) is 5.75 Å². The lowest BCUT2D eigenvalue weighted by atomic mass is 10.1. The molecule has 5 rings (SSSR count). The van der Waals surface area contributed by atoms with Crippen LogP contribution in [0, 0.1) is 11.6 Å². The van der Waals surface area contributed by atoms with E-state index in [1.807, 2.05) is 6.92 Å². The van der Waals surface area contributed by atoms with E-state index in [4.69, 9.17) is 0 Å². The SMILES string of the molecule is CCCCS(=O)(=O)Nc1ccc2c(c1)S(=O)(=O)CC(c1c(O)c3cc(F)ccc3n(Cc3ccc(F)cc3)c1=O)=N2. The molecular formula is C28H25F2N3O6S2. The third kappa shape index (κ3) is 5.72. The first-order valence-corrected chi connectivity index (χ1v) is 15.9. The van der Waals surface area contributed by atoms with Crippen LogP contribution in [0.15, 0.2) is 75.3 Å². The smallest absolute Gasteiger partial charge is 0.264 e. The number of benzene rings is 3. The van der Waals surface area contributed by atoms with Crippen molar-refractivity contribution in [3.05, 3.63) is 93.8 Å². The zero-order chi connectivity index (χ0) is 29.5. The molecule has 1 aromatic heterocycles. The van der Waals surface area contributed by atoms with Crippen molar-refractivity contribution in [1.82, 2.24) is 4.57 Å². The number of sulfone groups is 1. The summed E-state index contributed by atoms with van der Waals surface area (Å²) in [6.07, 6.45) is 1.10. The van der Waals surface area contributed by atoms with Crippen LogP contribution in [0.1, 0.15) is 30.9 Å². The van der Waals surface area contributed by atoms with Crippen molar-refractivity contribution in [3.8, 4) is 5.75 Å². The van der Waals surface area contributed by atoms with E-state index in [1.54, 1.807) is 0 Å². The number of halogens is 2. The first-order chi connectivity index (χ1) is 19.4. The number of hydrogen-bond donors (Lipinski definition) is 2. The zero-order valence-corrected chi connectivity index (χ0v) is 23.4. The molecule has 0 atom stereocenters. The van der Waals surface area contributed by atoms with Crippen molar-refractivity contribution < 1.29 is 30.7 Å². The number of aromatic nitrogens is 1. The van der Waals surface area contributed by atoms with E-state index in [2.05, 4.69) is 9.71 Å². The highest BCUT2D eigenvalue weighted by Crippen LogP contribution is 2.36. The lowest BCUT2D eigenvalue weighted by Crippen LogP contribution is -2.32. The van der Waals surface area contributed by atoms with Crippen LogP contribution in [-0.4, -0.2) is 43.7 Å². The molecular weight excluding hydrogens is 576 g/mol. The summed E-state index contributed by atoms with van der Waals surface area (Å²) in [5.74, 6) is -2.69. The van der Waals surface area contributed by atoms with Crippen molar-refractivity contribution in [1.29, 1.82) is 0 Å². The van der Waals surface area contributed by atoms with E-state index in [0.717, 1.165) is 18.2 Å². The summed E-state index contributed by atoms with van der Waals surface area (Å²) in [7, 11) is -7.84. The predicted octanol–water partition coefficient (Wildman–Crippen LogP) is 4.48. The largest absolute Gasteiger partial charge is 0.506 e. The monoisotopic (exact) mass is 601 g/mol. The molecule has 1 aliphatic rings. The summed E-state index contributed by atoms with van der Waals surface area (Å²) in [6, 6.07) is 12.7. The highest BCUT2D eigenvalue weighted by atomic mass is 32.2. The molecule has 214 valence electrons. The van der Waals surface area contributed by atoms with Crippen LogP contribution < -0.4 is 10.3 Å². The van der Waals surface area contributed by atoms with Gasteiger partial charge in [-0.1, -0.05) is 25.5 Å². The standard InChI is InChI=1S/C28H25F2N3O6S2/c1-2-3-12-41(38,39)32-20-9-10-22-25(14-20)40(36,37)16-23(31-22)26-27(34)21-13-19(30)8-11-24(21)33(28(26)35)15-17-4-6-18(29)7-5-17/h4-11,13-14,32,34H,2-3,12,15-16H2,1H3. The number of fused-ring (bicyclic) bond motifs is 2. The van der Waals surface area contributed by atoms with E-state index < -0.39 is 54.1 Å². The lowest BCUT2D eigenvalue weighted by molar-refractivity contribution is 0.477. The van der Waals surface area contributed by atoms with Gasteiger partial charge in [-0.25, -0.2) is 25.6 Å². The lowest BCUT2D eigenvalue weighted by Gasteiger charge is -2.20. The average Bonchev–Trinajstić information content (AvgIpc) is 2.91. The van der Waals surface area contributed by atoms with Crippen LogP contribution in [0.2, 0.25) is 0 Å². The van der Waals surface area contributed by atoms with Gasteiger partial charge in [-0.15, -0.1) is 0 Å². The zero-order valence-electron chi connectivity index (χ0n) is 21.8. The fourth-order valence-electron chi connectivity index (χ4n) is 4.65. The fraction of sp³-hybridized carbons (Fsp3) is 0.214. The van der Waals surface area contributed by atoms with E-state index in [-0.39, 0.29) is 45.2 Å². The Bertz CT molecular complexity index is 1990. The normalized spacial score (nSPS) is 14.5. The summed E-state index contributed by atoms with van der Waals surface area (Å²) in [5.41, 5.74) is -0.726. The number of unbranched alkanes of at least 4 members (excludes halogenated alkanes) is 1. The number of aliphatic imine (C=N–C) groups is 1. The van der Waals surface area contributed by atoms with E-state index in [0.29, 0.717) is 18.4 Å². The van der Waals surface area contributed by atoms with Crippen molar-refractivity contribution >= 4 is 47.8 Å². The van der Waals surface area contributed by atoms with E-state index in [1.165, 1.54) is 47.0 Å². The van der Waals surface area contributed by atoms with Gasteiger partial charge in [0.25, 0.3) is 5.56 Å². The molecule has 2 heterocycles. The fourth-order valence-corrected chi connectivity index (χ4v) is 7.37. The molecule has 0 aliphatic carbocycles. The Kier molecular flexibility index (Phi) is 7.43. The number of aromatic hydroxyl groups is 1. The number of nitrogens with one attached hydrogen (secondary N) is 1. The van der Waals surface area contributed by atoms with Gasteiger partial charge in [0, 0.05) is 11.1 Å². The van der Waals surface area contributed by atoms with Gasteiger partial charge in [-0.3, -0.25) is 14.5 Å². The number of nitrogens with zero attached hydrogens (tertiary/aromatic N) is 2. The highest BCUT2D eigenvalue weighted by Gasteiger charge is 2.32. The van der Waals surface area contributed by atoms with Gasteiger partial charge >= 0.3 is 0 Å². The third-order valence-corrected chi connectivity index (χ3v) is 9.68. The molecule has 0 amide bonds. The molecule has 4 aromatic rings. The van der Waals surface area contributed by atoms with Crippen LogP contribution >= 0.6 is 0 Å². The number of hydrogen-bond acceptors (Lipinski definition) is 7. The Morgan fingerprint density at radius 2 is 1.73 bits per heavy atom. The second kappa shape index (κ2) is 10.7. The molecule has 3 aromatic carbocycles. The Balaban J connectivity index is 1.65. The maximum Gasteiger partial charge on any atom is 0.264 e. The Labute approximate surface area is 234 Å². The number of sulfonamides is 1. The van der Waals surface area contributed by atoms with Crippen molar-refractivity contribution in [3.63, 3.8) is 0 Å². The molecule has 0 unspecified atom stereocenters. The summed E-state index contributed by atoms with van der Waals surface area (Å²) in [6.45, 7) is 1.77. The molecule has 1 aliphatic heterocycles. The molecule has 13 heteroatoms. The number of rotatable bonds is 8. The molecule has 0 saturated heterocycles. The van der Waals surface area contributed by atoms with Gasteiger partial charge in [-0.2, -0.15) is 0 Å². The Morgan fingerprint density at radius 3 is 2.44 bits per heavy atom. The summed E-state index contributed by atoms with van der Waals surface area (Å²) in [5, 5.41) is 11.1. The van der Waals surface area contributed by atoms with Crippen LogP contribution in [-0.2, 0) is 26.4 Å². The summed E-state index contributed by atoms with van der Waals surface area (Å²) >= 11 is 0. The number of anilines is 1. The van der Waals surface area contributed by atoms with Gasteiger partial charge in [0.15, 0.2) is 9.84 Å².